The molecule has 25 heavy (non-hydrogen) atoms. The number of hydrogen-bond donors (Lipinski definition) is 0. The molecule has 0 aliphatic carbocycles. The maximum absolute atomic E-state index is 14.2. The molecule has 3 rings (SSSR count). The molecule has 3 aromatic rings. The lowest BCUT2D eigenvalue weighted by Gasteiger charge is -2.03. The van der Waals surface area contributed by atoms with Gasteiger partial charge in [0, 0.05) is 24.8 Å². The first kappa shape index (κ1) is 17.2. The molecule has 0 aliphatic heterocycles. The van der Waals surface area contributed by atoms with Crippen LogP contribution in [0.5, 0.6) is 0 Å². The number of nitrogens with zero attached hydrogens (tertiary/aromatic N) is 4. The van der Waals surface area contributed by atoms with Crippen molar-refractivity contribution in [3.63, 3.8) is 0 Å². The zero-order valence-electron chi connectivity index (χ0n) is 13.7. The van der Waals surface area contributed by atoms with Crippen LogP contribution >= 0.6 is 11.3 Å². The van der Waals surface area contributed by atoms with E-state index < -0.39 is 17.5 Å². The highest BCUT2D eigenvalue weighted by atomic mass is 32.1. The van der Waals surface area contributed by atoms with Crippen molar-refractivity contribution in [3.05, 3.63) is 59.2 Å². The van der Waals surface area contributed by atoms with Crippen LogP contribution in [0.1, 0.15) is 30.4 Å². The summed E-state index contributed by atoms with van der Waals surface area (Å²) in [5.74, 6) is -1.92. The number of allylic oxidation sites excluding steroid dienone is 1. The van der Waals surface area contributed by atoms with Gasteiger partial charge in [-0.15, -0.1) is 6.58 Å². The van der Waals surface area contributed by atoms with Gasteiger partial charge in [-0.1, -0.05) is 17.4 Å². The van der Waals surface area contributed by atoms with Gasteiger partial charge in [0.05, 0.1) is 10.2 Å². The highest BCUT2D eigenvalue weighted by Gasteiger charge is 2.15. The first-order valence-corrected chi connectivity index (χ1v) is 8.46. The summed E-state index contributed by atoms with van der Waals surface area (Å²) in [4.78, 5) is 16.7. The van der Waals surface area contributed by atoms with Crippen molar-refractivity contribution < 1.29 is 13.6 Å². The van der Waals surface area contributed by atoms with Crippen LogP contribution in [0.15, 0.2) is 42.0 Å². The Hall–Kier alpha value is -2.61. The fourth-order valence-corrected chi connectivity index (χ4v) is 3.47. The van der Waals surface area contributed by atoms with E-state index in [-0.39, 0.29) is 28.6 Å². The van der Waals surface area contributed by atoms with Crippen molar-refractivity contribution in [1.82, 2.24) is 14.3 Å². The molecule has 0 spiro atoms. The Labute approximate surface area is 146 Å². The number of hydrogen-bond acceptors (Lipinski definition) is 3. The molecule has 130 valence electrons. The standard InChI is InChI=1S/C17H16F2N4OS/c1-4-6-22-15-12(19)8-11(18)9-14(15)25-17(22)20-16(24)13-5-7-23(21-13)10(2)3/h4-5,7-10H,1,6H2,2-3H3. The second kappa shape index (κ2) is 6.72. The zero-order valence-corrected chi connectivity index (χ0v) is 14.6. The fraction of sp³-hybridized carbons (Fsp3) is 0.235. The molecule has 0 fully saturated rings. The molecule has 1 amide bonds. The van der Waals surface area contributed by atoms with E-state index in [1.54, 1.807) is 23.0 Å². The summed E-state index contributed by atoms with van der Waals surface area (Å²) in [6.07, 6.45) is 3.26. The average molecular weight is 362 g/mol. The Kier molecular flexibility index (Phi) is 4.63. The van der Waals surface area contributed by atoms with E-state index in [9.17, 15) is 13.6 Å². The number of amides is 1. The van der Waals surface area contributed by atoms with Crippen molar-refractivity contribution in [1.29, 1.82) is 0 Å². The predicted octanol–water partition coefficient (Wildman–Crippen LogP) is 3.69. The van der Waals surface area contributed by atoms with Crippen LogP contribution in [0, 0.1) is 11.6 Å². The summed E-state index contributed by atoms with van der Waals surface area (Å²) in [7, 11) is 0. The van der Waals surface area contributed by atoms with Gasteiger partial charge in [0.2, 0.25) is 0 Å². The minimum absolute atomic E-state index is 0.119. The van der Waals surface area contributed by atoms with Crippen molar-refractivity contribution in [2.75, 3.05) is 0 Å². The minimum Gasteiger partial charge on any atom is -0.310 e. The van der Waals surface area contributed by atoms with E-state index in [0.717, 1.165) is 17.4 Å². The number of carbonyl (C=O) groups excluding carboxylic acids is 1. The monoisotopic (exact) mass is 362 g/mol. The third-order valence-corrected chi connectivity index (χ3v) is 4.59. The lowest BCUT2D eigenvalue weighted by atomic mass is 10.3. The molecule has 0 radical (unpaired) electrons. The lowest BCUT2D eigenvalue weighted by Crippen LogP contribution is -2.17. The summed E-state index contributed by atoms with van der Waals surface area (Å²) in [5, 5.41) is 4.18. The van der Waals surface area contributed by atoms with Crippen LogP contribution in [0.4, 0.5) is 8.78 Å². The summed E-state index contributed by atoms with van der Waals surface area (Å²) >= 11 is 1.04. The van der Waals surface area contributed by atoms with Gasteiger partial charge in [-0.3, -0.25) is 9.48 Å². The molecule has 5 nitrogen and oxygen atoms in total. The summed E-state index contributed by atoms with van der Waals surface area (Å²) in [6.45, 7) is 7.77. The van der Waals surface area contributed by atoms with Crippen LogP contribution in [0.3, 0.4) is 0 Å². The Balaban J connectivity index is 2.14. The van der Waals surface area contributed by atoms with Crippen LogP contribution in [-0.2, 0) is 6.54 Å². The number of halogens is 2. The molecule has 8 heteroatoms. The lowest BCUT2D eigenvalue weighted by molar-refractivity contribution is 0.0992. The van der Waals surface area contributed by atoms with Crippen LogP contribution in [0.2, 0.25) is 0 Å². The molecular formula is C17H16F2N4OS. The molecule has 2 heterocycles. The van der Waals surface area contributed by atoms with E-state index in [0.29, 0.717) is 4.70 Å². The Bertz CT molecular complexity index is 1030. The topological polar surface area (TPSA) is 52.2 Å². The number of fused-ring (bicyclic) bond motifs is 1. The Morgan fingerprint density at radius 1 is 1.44 bits per heavy atom. The van der Waals surface area contributed by atoms with Gasteiger partial charge in [0.15, 0.2) is 16.3 Å². The van der Waals surface area contributed by atoms with E-state index in [1.807, 2.05) is 13.8 Å². The normalized spacial score (nSPS) is 12.3. The number of thiazole rings is 1. The number of benzene rings is 1. The first-order chi connectivity index (χ1) is 11.9. The van der Waals surface area contributed by atoms with E-state index >= 15 is 0 Å². The second-order valence-electron chi connectivity index (χ2n) is 5.71. The number of carbonyl (C=O) groups is 1. The van der Waals surface area contributed by atoms with Gasteiger partial charge < -0.3 is 4.57 Å². The molecule has 0 atom stereocenters. The SMILES string of the molecule is C=CCn1c(=NC(=O)c2ccn(C(C)C)n2)sc2cc(F)cc(F)c21. The Morgan fingerprint density at radius 2 is 2.20 bits per heavy atom. The summed E-state index contributed by atoms with van der Waals surface area (Å²) < 4.78 is 31.1. The van der Waals surface area contributed by atoms with Crippen LogP contribution in [-0.4, -0.2) is 20.3 Å². The van der Waals surface area contributed by atoms with Crippen molar-refractivity contribution in [3.8, 4) is 0 Å². The van der Waals surface area contributed by atoms with Crippen molar-refractivity contribution in [2.45, 2.75) is 26.4 Å². The molecule has 2 aromatic heterocycles. The smallest absolute Gasteiger partial charge is 0.300 e. The highest BCUT2D eigenvalue weighted by molar-refractivity contribution is 7.16. The summed E-state index contributed by atoms with van der Waals surface area (Å²) in [6, 6.07) is 3.73. The van der Waals surface area contributed by atoms with Crippen LogP contribution in [0.25, 0.3) is 10.2 Å². The van der Waals surface area contributed by atoms with Gasteiger partial charge in [-0.2, -0.15) is 10.1 Å². The third-order valence-electron chi connectivity index (χ3n) is 3.56. The van der Waals surface area contributed by atoms with Gasteiger partial charge in [-0.25, -0.2) is 8.78 Å². The molecule has 0 bridgehead atoms. The maximum Gasteiger partial charge on any atom is 0.300 e. The average Bonchev–Trinajstić information content (AvgIpc) is 3.13. The van der Waals surface area contributed by atoms with Crippen molar-refractivity contribution >= 4 is 27.5 Å². The molecular weight excluding hydrogens is 346 g/mol. The molecule has 0 saturated carbocycles. The van der Waals surface area contributed by atoms with Gasteiger partial charge >= 0.3 is 0 Å². The predicted molar refractivity (Wildman–Crippen MR) is 92.4 cm³/mol. The number of rotatable bonds is 4. The van der Waals surface area contributed by atoms with Gasteiger partial charge in [0.25, 0.3) is 5.91 Å². The van der Waals surface area contributed by atoms with Crippen molar-refractivity contribution in [2.24, 2.45) is 4.99 Å². The fourth-order valence-electron chi connectivity index (χ4n) is 2.40. The second-order valence-corrected chi connectivity index (χ2v) is 6.72. The van der Waals surface area contributed by atoms with E-state index in [2.05, 4.69) is 16.7 Å². The molecule has 0 saturated heterocycles. The number of aromatic nitrogens is 3. The van der Waals surface area contributed by atoms with E-state index in [4.69, 9.17) is 0 Å². The molecule has 0 aliphatic rings. The molecule has 0 unspecified atom stereocenters. The molecule has 1 aromatic carbocycles. The first-order valence-electron chi connectivity index (χ1n) is 7.64. The highest BCUT2D eigenvalue weighted by Crippen LogP contribution is 2.22. The molecule has 0 N–H and O–H groups in total. The van der Waals surface area contributed by atoms with Crippen LogP contribution < -0.4 is 4.80 Å². The Morgan fingerprint density at radius 3 is 2.84 bits per heavy atom. The zero-order chi connectivity index (χ0) is 18.1. The third kappa shape index (κ3) is 3.30. The largest absolute Gasteiger partial charge is 0.310 e. The maximum atomic E-state index is 14.2. The van der Waals surface area contributed by atoms with Gasteiger partial charge in [0.1, 0.15) is 5.82 Å². The quantitative estimate of drug-likeness (QED) is 0.665. The van der Waals surface area contributed by atoms with E-state index in [1.165, 1.54) is 10.6 Å². The van der Waals surface area contributed by atoms with Gasteiger partial charge in [-0.05, 0) is 26.0 Å². The minimum atomic E-state index is -0.703. The summed E-state index contributed by atoms with van der Waals surface area (Å²) in [5.41, 5.74) is 0.397.